The Kier molecular flexibility index (Phi) is 4.57. The molecule has 1 aliphatic rings. The molecule has 5 heteroatoms. The van der Waals surface area contributed by atoms with Gasteiger partial charge in [0.15, 0.2) is 0 Å². The number of nitrogens with one attached hydrogen (secondary N) is 1. The Hall–Kier alpha value is -2.09. The monoisotopic (exact) mass is 272 g/mol. The fourth-order valence-corrected chi connectivity index (χ4v) is 2.41. The van der Waals surface area contributed by atoms with E-state index in [9.17, 15) is 4.79 Å². The molecule has 1 saturated heterocycles. The first-order chi connectivity index (χ1) is 9.60. The molecule has 1 aromatic rings. The SMILES string of the molecule is CC(C)NC(=O)C1CCN(c2ccc(C#N)cn2)CC1. The Labute approximate surface area is 119 Å². The highest BCUT2D eigenvalue weighted by Crippen LogP contribution is 2.22. The van der Waals surface area contributed by atoms with E-state index in [0.717, 1.165) is 31.7 Å². The van der Waals surface area contributed by atoms with Crippen LogP contribution in [0.4, 0.5) is 5.82 Å². The first kappa shape index (κ1) is 14.3. The van der Waals surface area contributed by atoms with Gasteiger partial charge in [-0.25, -0.2) is 4.98 Å². The van der Waals surface area contributed by atoms with Crippen LogP contribution in [0.2, 0.25) is 0 Å². The minimum atomic E-state index is 0.104. The van der Waals surface area contributed by atoms with Gasteiger partial charge in [0.05, 0.1) is 5.56 Å². The van der Waals surface area contributed by atoms with Crippen LogP contribution in [0.15, 0.2) is 18.3 Å². The second kappa shape index (κ2) is 6.38. The number of rotatable bonds is 3. The molecule has 106 valence electrons. The second-order valence-electron chi connectivity index (χ2n) is 5.44. The quantitative estimate of drug-likeness (QED) is 0.909. The van der Waals surface area contributed by atoms with Crippen molar-refractivity contribution in [1.29, 1.82) is 5.26 Å². The van der Waals surface area contributed by atoms with E-state index < -0.39 is 0 Å². The largest absolute Gasteiger partial charge is 0.357 e. The molecular weight excluding hydrogens is 252 g/mol. The zero-order chi connectivity index (χ0) is 14.5. The van der Waals surface area contributed by atoms with Crippen LogP contribution < -0.4 is 10.2 Å². The standard InChI is InChI=1S/C15H20N4O/c1-11(2)18-15(20)13-5-7-19(8-6-13)14-4-3-12(9-16)10-17-14/h3-4,10-11,13H,5-8H2,1-2H3,(H,18,20). The number of hydrogen-bond acceptors (Lipinski definition) is 4. The molecule has 0 spiro atoms. The van der Waals surface area contributed by atoms with E-state index in [2.05, 4.69) is 21.3 Å². The zero-order valence-electron chi connectivity index (χ0n) is 12.0. The van der Waals surface area contributed by atoms with E-state index in [1.807, 2.05) is 19.9 Å². The van der Waals surface area contributed by atoms with Gasteiger partial charge in [0.2, 0.25) is 5.91 Å². The molecular formula is C15H20N4O. The summed E-state index contributed by atoms with van der Waals surface area (Å²) in [5.74, 6) is 1.14. The molecule has 0 radical (unpaired) electrons. The van der Waals surface area contributed by atoms with Crippen molar-refractivity contribution in [3.8, 4) is 6.07 Å². The molecule has 1 amide bonds. The third-order valence-electron chi connectivity index (χ3n) is 3.50. The Balaban J connectivity index is 1.90. The summed E-state index contributed by atoms with van der Waals surface area (Å²) in [6, 6.07) is 5.90. The lowest BCUT2D eigenvalue weighted by atomic mass is 9.95. The number of anilines is 1. The number of carbonyl (C=O) groups excluding carboxylic acids is 1. The molecule has 0 aliphatic carbocycles. The van der Waals surface area contributed by atoms with E-state index in [4.69, 9.17) is 5.26 Å². The third-order valence-corrected chi connectivity index (χ3v) is 3.50. The Morgan fingerprint density at radius 3 is 2.65 bits per heavy atom. The first-order valence-corrected chi connectivity index (χ1v) is 7.01. The Morgan fingerprint density at radius 1 is 1.45 bits per heavy atom. The van der Waals surface area contributed by atoms with Gasteiger partial charge in [-0.3, -0.25) is 4.79 Å². The van der Waals surface area contributed by atoms with Crippen LogP contribution in [0.25, 0.3) is 0 Å². The van der Waals surface area contributed by atoms with Gasteiger partial charge in [-0.1, -0.05) is 0 Å². The fraction of sp³-hybridized carbons (Fsp3) is 0.533. The van der Waals surface area contributed by atoms with Crippen molar-refractivity contribution >= 4 is 11.7 Å². The fourth-order valence-electron chi connectivity index (χ4n) is 2.41. The molecule has 20 heavy (non-hydrogen) atoms. The Bertz CT molecular complexity index is 496. The van der Waals surface area contributed by atoms with Gasteiger partial charge >= 0.3 is 0 Å². The summed E-state index contributed by atoms with van der Waals surface area (Å²) in [5, 5.41) is 11.7. The summed E-state index contributed by atoms with van der Waals surface area (Å²) in [6.07, 6.45) is 3.29. The van der Waals surface area contributed by atoms with Gasteiger partial charge in [0.1, 0.15) is 11.9 Å². The second-order valence-corrected chi connectivity index (χ2v) is 5.44. The summed E-state index contributed by atoms with van der Waals surface area (Å²) in [6.45, 7) is 5.62. The van der Waals surface area contributed by atoms with Crippen molar-refractivity contribution in [2.75, 3.05) is 18.0 Å². The van der Waals surface area contributed by atoms with Crippen LogP contribution in [0.5, 0.6) is 0 Å². The van der Waals surface area contributed by atoms with Gasteiger partial charge in [0, 0.05) is 31.2 Å². The number of hydrogen-bond donors (Lipinski definition) is 1. The predicted octanol–water partition coefficient (Wildman–Crippen LogP) is 1.69. The minimum Gasteiger partial charge on any atom is -0.357 e. The number of amides is 1. The maximum absolute atomic E-state index is 12.0. The van der Waals surface area contributed by atoms with Crippen molar-refractivity contribution in [1.82, 2.24) is 10.3 Å². The number of aromatic nitrogens is 1. The maximum Gasteiger partial charge on any atom is 0.223 e. The zero-order valence-corrected chi connectivity index (χ0v) is 12.0. The molecule has 2 heterocycles. The van der Waals surface area contributed by atoms with Crippen molar-refractivity contribution in [2.24, 2.45) is 5.92 Å². The number of carbonyl (C=O) groups is 1. The van der Waals surface area contributed by atoms with E-state index in [0.29, 0.717) is 5.56 Å². The van der Waals surface area contributed by atoms with Crippen LogP contribution in [0, 0.1) is 17.2 Å². The van der Waals surface area contributed by atoms with Gasteiger partial charge in [-0.2, -0.15) is 5.26 Å². The summed E-state index contributed by atoms with van der Waals surface area (Å²) < 4.78 is 0. The highest BCUT2D eigenvalue weighted by molar-refractivity contribution is 5.79. The number of nitriles is 1. The molecule has 0 aromatic carbocycles. The lowest BCUT2D eigenvalue weighted by Crippen LogP contribution is -2.42. The number of pyridine rings is 1. The van der Waals surface area contributed by atoms with Crippen LogP contribution in [0.3, 0.4) is 0 Å². The van der Waals surface area contributed by atoms with Gasteiger partial charge < -0.3 is 10.2 Å². The van der Waals surface area contributed by atoms with Crippen LogP contribution in [0.1, 0.15) is 32.3 Å². The van der Waals surface area contributed by atoms with E-state index in [1.165, 1.54) is 0 Å². The van der Waals surface area contributed by atoms with Crippen LogP contribution >= 0.6 is 0 Å². The summed E-state index contributed by atoms with van der Waals surface area (Å²) in [7, 11) is 0. The Morgan fingerprint density at radius 2 is 2.15 bits per heavy atom. The van der Waals surface area contributed by atoms with E-state index in [1.54, 1.807) is 12.3 Å². The number of piperidine rings is 1. The third kappa shape index (κ3) is 3.47. The molecule has 0 saturated carbocycles. The molecule has 1 fully saturated rings. The molecule has 1 aromatic heterocycles. The topological polar surface area (TPSA) is 69.0 Å². The lowest BCUT2D eigenvalue weighted by molar-refractivity contribution is -0.126. The molecule has 0 unspecified atom stereocenters. The van der Waals surface area contributed by atoms with E-state index >= 15 is 0 Å². The molecule has 5 nitrogen and oxygen atoms in total. The highest BCUT2D eigenvalue weighted by atomic mass is 16.1. The van der Waals surface area contributed by atoms with Crippen molar-refractivity contribution in [3.05, 3.63) is 23.9 Å². The summed E-state index contributed by atoms with van der Waals surface area (Å²) in [5.41, 5.74) is 0.569. The average Bonchev–Trinajstić information content (AvgIpc) is 2.47. The van der Waals surface area contributed by atoms with Crippen molar-refractivity contribution in [2.45, 2.75) is 32.7 Å². The molecule has 1 N–H and O–H groups in total. The van der Waals surface area contributed by atoms with Crippen LogP contribution in [-0.4, -0.2) is 30.0 Å². The normalized spacial score (nSPS) is 16.0. The average molecular weight is 272 g/mol. The minimum absolute atomic E-state index is 0.104. The molecule has 2 rings (SSSR count). The first-order valence-electron chi connectivity index (χ1n) is 7.01. The summed E-state index contributed by atoms with van der Waals surface area (Å²) >= 11 is 0. The smallest absolute Gasteiger partial charge is 0.223 e. The highest BCUT2D eigenvalue weighted by Gasteiger charge is 2.25. The predicted molar refractivity (Wildman–Crippen MR) is 77.2 cm³/mol. The van der Waals surface area contributed by atoms with Crippen LogP contribution in [-0.2, 0) is 4.79 Å². The maximum atomic E-state index is 12.0. The van der Waals surface area contributed by atoms with Crippen molar-refractivity contribution < 1.29 is 4.79 Å². The summed E-state index contributed by atoms with van der Waals surface area (Å²) in [4.78, 5) is 18.4. The lowest BCUT2D eigenvalue weighted by Gasteiger charge is -2.32. The van der Waals surface area contributed by atoms with Crippen molar-refractivity contribution in [3.63, 3.8) is 0 Å². The van der Waals surface area contributed by atoms with Gasteiger partial charge in [0.25, 0.3) is 0 Å². The molecule has 0 bridgehead atoms. The molecule has 0 atom stereocenters. The van der Waals surface area contributed by atoms with Gasteiger partial charge in [-0.15, -0.1) is 0 Å². The molecule has 1 aliphatic heterocycles. The number of nitrogens with zero attached hydrogens (tertiary/aromatic N) is 3. The van der Waals surface area contributed by atoms with E-state index in [-0.39, 0.29) is 17.9 Å². The van der Waals surface area contributed by atoms with Gasteiger partial charge in [-0.05, 0) is 38.8 Å².